The van der Waals surface area contributed by atoms with Crippen LogP contribution in [0.15, 0.2) is 83.7 Å². The summed E-state index contributed by atoms with van der Waals surface area (Å²) in [6.45, 7) is 2.80. The highest BCUT2D eigenvalue weighted by atomic mass is 16.3. The number of nitrogens with zero attached hydrogens (tertiary/aromatic N) is 2. The summed E-state index contributed by atoms with van der Waals surface area (Å²) < 4.78 is 0. The molecule has 0 saturated carbocycles. The lowest BCUT2D eigenvalue weighted by Crippen LogP contribution is -2.34. The molecule has 0 aliphatic heterocycles. The van der Waals surface area contributed by atoms with Gasteiger partial charge in [-0.25, -0.2) is 4.98 Å². The van der Waals surface area contributed by atoms with E-state index in [0.717, 1.165) is 24.0 Å². The van der Waals surface area contributed by atoms with E-state index in [-0.39, 0.29) is 24.1 Å². The van der Waals surface area contributed by atoms with Crippen LogP contribution in [-0.2, 0) is 13.0 Å². The van der Waals surface area contributed by atoms with E-state index >= 15 is 0 Å². The summed E-state index contributed by atoms with van der Waals surface area (Å²) in [6, 6.07) is 24.6. The van der Waals surface area contributed by atoms with Crippen LogP contribution < -0.4 is 10.9 Å². The van der Waals surface area contributed by atoms with Crippen molar-refractivity contribution >= 4 is 16.8 Å². The minimum Gasteiger partial charge on any atom is -0.387 e. The number of benzene rings is 3. The largest absolute Gasteiger partial charge is 0.387 e. The lowest BCUT2D eigenvalue weighted by molar-refractivity contribution is 0.0781. The van der Waals surface area contributed by atoms with Gasteiger partial charge >= 0.3 is 0 Å². The fraction of sp³-hybridized carbons (Fsp3) is 0.276. The molecule has 186 valence electrons. The third-order valence-corrected chi connectivity index (χ3v) is 6.36. The van der Waals surface area contributed by atoms with Crippen molar-refractivity contribution in [3.05, 3.63) is 112 Å². The first-order valence-corrected chi connectivity index (χ1v) is 12.2. The van der Waals surface area contributed by atoms with E-state index < -0.39 is 6.10 Å². The Balaban J connectivity index is 1.34. The lowest BCUT2D eigenvalue weighted by Gasteiger charge is -2.20. The van der Waals surface area contributed by atoms with Crippen molar-refractivity contribution in [3.8, 4) is 0 Å². The number of carbonyl (C=O) groups excluding carboxylic acids is 1. The maximum Gasteiger partial charge on any atom is 0.258 e. The minimum absolute atomic E-state index is 0.145. The molecule has 0 radical (unpaired) electrons. The molecule has 0 unspecified atom stereocenters. The second-order valence-electron chi connectivity index (χ2n) is 9.03. The first-order valence-electron chi connectivity index (χ1n) is 12.2. The summed E-state index contributed by atoms with van der Waals surface area (Å²) in [7, 11) is 1.69. The monoisotopic (exact) mass is 484 g/mol. The molecule has 0 spiro atoms. The molecule has 2 atom stereocenters. The first-order chi connectivity index (χ1) is 17.4. The smallest absolute Gasteiger partial charge is 0.258 e. The summed E-state index contributed by atoms with van der Waals surface area (Å²) >= 11 is 0. The highest BCUT2D eigenvalue weighted by molar-refractivity contribution is 5.94. The van der Waals surface area contributed by atoms with Gasteiger partial charge in [-0.15, -0.1) is 0 Å². The number of aromatic amines is 1. The van der Waals surface area contributed by atoms with Gasteiger partial charge in [0.2, 0.25) is 0 Å². The normalized spacial score (nSPS) is 12.9. The molecule has 0 bridgehead atoms. The van der Waals surface area contributed by atoms with E-state index in [2.05, 4.69) is 22.2 Å². The third-order valence-electron chi connectivity index (χ3n) is 6.36. The molecule has 0 aliphatic carbocycles. The minimum atomic E-state index is -0.553. The number of aromatic nitrogens is 2. The van der Waals surface area contributed by atoms with Crippen LogP contribution in [0, 0.1) is 0 Å². The average Bonchev–Trinajstić information content (AvgIpc) is 2.91. The van der Waals surface area contributed by atoms with Crippen LogP contribution in [0.25, 0.3) is 10.9 Å². The number of nitrogens with one attached hydrogen (secondary N) is 2. The second kappa shape index (κ2) is 11.7. The number of H-pyrrole nitrogens is 1. The molecule has 0 aliphatic rings. The lowest BCUT2D eigenvalue weighted by atomic mass is 10.0. The van der Waals surface area contributed by atoms with Gasteiger partial charge in [0.1, 0.15) is 5.82 Å². The molecular formula is C29H32N4O3. The molecule has 1 amide bonds. The molecule has 7 nitrogen and oxygen atoms in total. The van der Waals surface area contributed by atoms with Gasteiger partial charge in [0, 0.05) is 25.2 Å². The molecule has 1 heterocycles. The van der Waals surface area contributed by atoms with Gasteiger partial charge in [-0.05, 0) is 48.2 Å². The summed E-state index contributed by atoms with van der Waals surface area (Å²) in [5, 5.41) is 14.4. The van der Waals surface area contributed by atoms with Crippen LogP contribution >= 0.6 is 0 Å². The molecule has 36 heavy (non-hydrogen) atoms. The van der Waals surface area contributed by atoms with Gasteiger partial charge in [-0.1, -0.05) is 61.5 Å². The van der Waals surface area contributed by atoms with Crippen molar-refractivity contribution in [2.75, 3.05) is 13.6 Å². The van der Waals surface area contributed by atoms with Crippen LogP contribution in [0.3, 0.4) is 0 Å². The molecule has 7 heteroatoms. The summed E-state index contributed by atoms with van der Waals surface area (Å²) in [5.74, 6) is 0.300. The van der Waals surface area contributed by atoms with Crippen LogP contribution in [0.4, 0.5) is 0 Å². The zero-order chi connectivity index (χ0) is 25.5. The number of fused-ring (bicyclic) bond motifs is 1. The van der Waals surface area contributed by atoms with E-state index in [9.17, 15) is 14.7 Å². The zero-order valence-corrected chi connectivity index (χ0v) is 20.6. The van der Waals surface area contributed by atoms with E-state index in [1.165, 1.54) is 0 Å². The van der Waals surface area contributed by atoms with E-state index in [4.69, 9.17) is 0 Å². The zero-order valence-electron chi connectivity index (χ0n) is 20.6. The SMILES string of the molecule is CC[C@@H](Cc1ccc(C(=O)N(C)Cc2nc3ccccc3c(=O)[nH]2)cc1)NC[C@H](O)c1ccccc1. The van der Waals surface area contributed by atoms with Crippen LogP contribution in [0.1, 0.15) is 46.8 Å². The van der Waals surface area contributed by atoms with Crippen molar-refractivity contribution in [3.63, 3.8) is 0 Å². The fourth-order valence-electron chi connectivity index (χ4n) is 4.23. The Bertz CT molecular complexity index is 1350. The van der Waals surface area contributed by atoms with Crippen molar-refractivity contribution in [1.82, 2.24) is 20.2 Å². The Morgan fingerprint density at radius 3 is 2.44 bits per heavy atom. The molecule has 0 fully saturated rings. The Hall–Kier alpha value is -3.81. The molecular weight excluding hydrogens is 452 g/mol. The van der Waals surface area contributed by atoms with Gasteiger partial charge < -0.3 is 20.3 Å². The number of hydrogen-bond donors (Lipinski definition) is 3. The maximum atomic E-state index is 13.0. The number of aliphatic hydroxyl groups excluding tert-OH is 1. The Morgan fingerprint density at radius 1 is 1.03 bits per heavy atom. The van der Waals surface area contributed by atoms with Crippen molar-refractivity contribution < 1.29 is 9.90 Å². The molecule has 0 saturated heterocycles. The number of rotatable bonds is 10. The second-order valence-corrected chi connectivity index (χ2v) is 9.03. The van der Waals surface area contributed by atoms with E-state index in [1.807, 2.05) is 60.7 Å². The Labute approximate surface area is 210 Å². The Morgan fingerprint density at radius 2 is 1.72 bits per heavy atom. The van der Waals surface area contributed by atoms with Crippen molar-refractivity contribution in [2.45, 2.75) is 38.5 Å². The fourth-order valence-corrected chi connectivity index (χ4v) is 4.23. The molecule has 3 aromatic carbocycles. The Kier molecular flexibility index (Phi) is 8.25. The van der Waals surface area contributed by atoms with Crippen LogP contribution in [-0.4, -0.2) is 45.5 Å². The molecule has 3 N–H and O–H groups in total. The molecule has 4 rings (SSSR count). The predicted octanol–water partition coefficient (Wildman–Crippen LogP) is 3.84. The quantitative estimate of drug-likeness (QED) is 0.318. The topological polar surface area (TPSA) is 98.3 Å². The summed E-state index contributed by atoms with van der Waals surface area (Å²) in [5.41, 5.74) is 2.98. The number of hydrogen-bond acceptors (Lipinski definition) is 5. The van der Waals surface area contributed by atoms with Crippen LogP contribution in [0.5, 0.6) is 0 Å². The molecule has 1 aromatic heterocycles. The van der Waals surface area contributed by atoms with Gasteiger partial charge in [0.05, 0.1) is 23.6 Å². The highest BCUT2D eigenvalue weighted by Crippen LogP contribution is 2.14. The van der Waals surface area contributed by atoms with Gasteiger partial charge in [0.25, 0.3) is 11.5 Å². The first kappa shape index (κ1) is 25.3. The maximum absolute atomic E-state index is 13.0. The van der Waals surface area contributed by atoms with Gasteiger partial charge in [0.15, 0.2) is 0 Å². The number of para-hydroxylation sites is 1. The standard InChI is InChI=1S/C29H32N4O3/c1-3-23(30-18-26(34)21-9-5-4-6-10-21)17-20-13-15-22(16-14-20)29(36)33(2)19-27-31-25-12-8-7-11-24(25)28(35)32-27/h4-16,23,26,30,34H,3,17-19H2,1-2H3,(H,31,32,35)/t23-,26-/m0/s1. The highest BCUT2D eigenvalue weighted by Gasteiger charge is 2.15. The van der Waals surface area contributed by atoms with E-state index in [0.29, 0.717) is 28.8 Å². The number of amides is 1. The number of carbonyl (C=O) groups is 1. The summed E-state index contributed by atoms with van der Waals surface area (Å²) in [6.07, 6.45) is 1.16. The van der Waals surface area contributed by atoms with Crippen molar-refractivity contribution in [1.29, 1.82) is 0 Å². The van der Waals surface area contributed by atoms with Gasteiger partial charge in [-0.2, -0.15) is 0 Å². The number of aliphatic hydroxyl groups is 1. The van der Waals surface area contributed by atoms with Crippen molar-refractivity contribution in [2.24, 2.45) is 0 Å². The summed E-state index contributed by atoms with van der Waals surface area (Å²) in [4.78, 5) is 34.1. The average molecular weight is 485 g/mol. The van der Waals surface area contributed by atoms with E-state index in [1.54, 1.807) is 30.1 Å². The molecule has 4 aromatic rings. The predicted molar refractivity (Wildman–Crippen MR) is 142 cm³/mol. The third kappa shape index (κ3) is 6.24. The van der Waals surface area contributed by atoms with Gasteiger partial charge in [-0.3, -0.25) is 9.59 Å². The van der Waals surface area contributed by atoms with Crippen LogP contribution in [0.2, 0.25) is 0 Å².